The second-order valence-corrected chi connectivity index (χ2v) is 5.33. The summed E-state index contributed by atoms with van der Waals surface area (Å²) in [6.07, 6.45) is 4.58. The van der Waals surface area contributed by atoms with E-state index in [-0.39, 0.29) is 0 Å². The van der Waals surface area contributed by atoms with E-state index in [1.54, 1.807) is 0 Å². The molecular formula is C12H20N4S. The average molecular weight is 252 g/mol. The van der Waals surface area contributed by atoms with Crippen molar-refractivity contribution in [2.75, 3.05) is 36.2 Å². The van der Waals surface area contributed by atoms with E-state index in [9.17, 15) is 0 Å². The Morgan fingerprint density at radius 2 is 2.00 bits per heavy atom. The molecule has 2 N–H and O–H groups in total. The van der Waals surface area contributed by atoms with Crippen molar-refractivity contribution < 1.29 is 0 Å². The highest BCUT2D eigenvalue weighted by atomic mass is 32.2. The summed E-state index contributed by atoms with van der Waals surface area (Å²) in [5.74, 6) is 4.61. The minimum atomic E-state index is 0.587. The largest absolute Gasteiger partial charge is 0.373 e. The predicted molar refractivity (Wildman–Crippen MR) is 75.2 cm³/mol. The first kappa shape index (κ1) is 12.5. The van der Waals surface area contributed by atoms with Crippen molar-refractivity contribution in [3.8, 4) is 0 Å². The lowest BCUT2D eigenvalue weighted by atomic mass is 10.2. The van der Waals surface area contributed by atoms with Crippen LogP contribution in [-0.2, 0) is 0 Å². The molecule has 0 unspecified atom stereocenters. The summed E-state index contributed by atoms with van der Waals surface area (Å²) < 4.78 is 0. The second kappa shape index (κ2) is 5.58. The molecule has 1 aromatic rings. The van der Waals surface area contributed by atoms with Gasteiger partial charge in [-0.25, -0.2) is 9.97 Å². The van der Waals surface area contributed by atoms with Gasteiger partial charge in [-0.2, -0.15) is 11.8 Å². The van der Waals surface area contributed by atoms with Crippen molar-refractivity contribution in [3.63, 3.8) is 0 Å². The number of thioether (sulfide) groups is 1. The molecule has 0 atom stereocenters. The van der Waals surface area contributed by atoms with Gasteiger partial charge >= 0.3 is 0 Å². The average Bonchev–Trinajstić information content (AvgIpc) is 3.15. The van der Waals surface area contributed by atoms with Gasteiger partial charge in [-0.1, -0.05) is 0 Å². The summed E-state index contributed by atoms with van der Waals surface area (Å²) in [6.45, 7) is 3.01. The summed E-state index contributed by atoms with van der Waals surface area (Å²) >= 11 is 1.84. The van der Waals surface area contributed by atoms with Crippen LogP contribution >= 0.6 is 11.8 Å². The molecule has 0 spiro atoms. The molecule has 0 amide bonds. The van der Waals surface area contributed by atoms with Gasteiger partial charge in [0.1, 0.15) is 17.5 Å². The first-order valence-corrected chi connectivity index (χ1v) is 7.44. The molecule has 17 heavy (non-hydrogen) atoms. The van der Waals surface area contributed by atoms with E-state index in [1.165, 1.54) is 12.8 Å². The summed E-state index contributed by atoms with van der Waals surface area (Å²) in [5.41, 5.74) is 1.11. The van der Waals surface area contributed by atoms with Crippen molar-refractivity contribution in [2.45, 2.75) is 25.7 Å². The first-order valence-electron chi connectivity index (χ1n) is 6.05. The molecule has 4 nitrogen and oxygen atoms in total. The van der Waals surface area contributed by atoms with Crippen LogP contribution in [-0.4, -0.2) is 35.6 Å². The van der Waals surface area contributed by atoms with Gasteiger partial charge in [-0.3, -0.25) is 0 Å². The number of anilines is 2. The van der Waals surface area contributed by atoms with Crippen molar-refractivity contribution in [1.29, 1.82) is 0 Å². The molecule has 1 aliphatic rings. The topological polar surface area (TPSA) is 49.8 Å². The fourth-order valence-corrected chi connectivity index (χ4v) is 2.05. The highest BCUT2D eigenvalue weighted by Crippen LogP contribution is 2.39. The zero-order chi connectivity index (χ0) is 12.3. The molecule has 0 aromatic carbocycles. The Balaban J connectivity index is 2.18. The van der Waals surface area contributed by atoms with Gasteiger partial charge in [0.15, 0.2) is 0 Å². The van der Waals surface area contributed by atoms with Gasteiger partial charge in [-0.05, 0) is 26.0 Å². The van der Waals surface area contributed by atoms with Gasteiger partial charge in [0.25, 0.3) is 0 Å². The highest BCUT2D eigenvalue weighted by molar-refractivity contribution is 7.98. The minimum absolute atomic E-state index is 0.587. The van der Waals surface area contributed by atoms with Crippen molar-refractivity contribution in [2.24, 2.45) is 0 Å². The van der Waals surface area contributed by atoms with E-state index in [0.29, 0.717) is 5.92 Å². The van der Waals surface area contributed by atoms with Crippen LogP contribution in [0.25, 0.3) is 0 Å². The van der Waals surface area contributed by atoms with Crippen molar-refractivity contribution in [1.82, 2.24) is 9.97 Å². The predicted octanol–water partition coefficient (Wildman–Crippen LogP) is 2.48. The zero-order valence-electron chi connectivity index (χ0n) is 10.7. The Kier molecular flexibility index (Phi) is 4.10. The van der Waals surface area contributed by atoms with E-state index >= 15 is 0 Å². The number of nitrogens with one attached hydrogen (secondary N) is 2. The Bertz CT molecular complexity index is 390. The van der Waals surface area contributed by atoms with Crippen LogP contribution < -0.4 is 10.6 Å². The molecule has 1 aliphatic carbocycles. The smallest absolute Gasteiger partial charge is 0.136 e. The maximum Gasteiger partial charge on any atom is 0.136 e. The summed E-state index contributed by atoms with van der Waals surface area (Å²) in [7, 11) is 1.91. The normalized spacial score (nSPS) is 14.8. The van der Waals surface area contributed by atoms with E-state index < -0.39 is 0 Å². The van der Waals surface area contributed by atoms with Gasteiger partial charge in [0.05, 0.1) is 0 Å². The van der Waals surface area contributed by atoms with Crippen LogP contribution in [0.1, 0.15) is 30.1 Å². The Hall–Kier alpha value is -0.970. The van der Waals surface area contributed by atoms with Crippen LogP contribution in [0.2, 0.25) is 0 Å². The lowest BCUT2D eigenvalue weighted by Crippen LogP contribution is -2.11. The van der Waals surface area contributed by atoms with Gasteiger partial charge in [0, 0.05) is 30.8 Å². The Morgan fingerprint density at radius 1 is 1.29 bits per heavy atom. The molecule has 0 saturated heterocycles. The van der Waals surface area contributed by atoms with Crippen LogP contribution in [0.5, 0.6) is 0 Å². The lowest BCUT2D eigenvalue weighted by Gasteiger charge is -2.13. The van der Waals surface area contributed by atoms with Gasteiger partial charge in [-0.15, -0.1) is 0 Å². The summed E-state index contributed by atoms with van der Waals surface area (Å²) in [5, 5.41) is 6.55. The second-order valence-electron chi connectivity index (χ2n) is 4.35. The van der Waals surface area contributed by atoms with Crippen molar-refractivity contribution in [3.05, 3.63) is 11.4 Å². The minimum Gasteiger partial charge on any atom is -0.373 e. The third-order valence-electron chi connectivity index (χ3n) is 2.94. The molecule has 94 valence electrons. The molecule has 0 aliphatic heterocycles. The molecule has 0 bridgehead atoms. The molecule has 2 rings (SSSR count). The van der Waals surface area contributed by atoms with E-state index in [0.717, 1.165) is 35.3 Å². The molecule has 0 radical (unpaired) electrons. The Labute approximate surface area is 107 Å². The fourth-order valence-electron chi connectivity index (χ4n) is 1.75. The summed E-state index contributed by atoms with van der Waals surface area (Å²) in [4.78, 5) is 9.22. The zero-order valence-corrected chi connectivity index (χ0v) is 11.5. The number of nitrogens with zero attached hydrogens (tertiary/aromatic N) is 2. The van der Waals surface area contributed by atoms with Crippen molar-refractivity contribution >= 4 is 23.4 Å². The van der Waals surface area contributed by atoms with Crippen LogP contribution in [0.4, 0.5) is 11.6 Å². The van der Waals surface area contributed by atoms with Crippen LogP contribution in [0.15, 0.2) is 0 Å². The SMILES string of the molecule is CNc1nc(C2CC2)nc(NCCSC)c1C. The molecule has 1 aromatic heterocycles. The lowest BCUT2D eigenvalue weighted by molar-refractivity contribution is 0.917. The molecule has 1 heterocycles. The standard InChI is InChI=1S/C12H20N4S/c1-8-10(13-2)15-12(9-4-5-9)16-11(8)14-6-7-17-3/h9H,4-7H2,1-3H3,(H2,13,14,15,16). The first-order chi connectivity index (χ1) is 8.26. The maximum absolute atomic E-state index is 4.64. The van der Waals surface area contributed by atoms with Gasteiger partial charge < -0.3 is 10.6 Å². The van der Waals surface area contributed by atoms with E-state index in [1.807, 2.05) is 18.8 Å². The molecular weight excluding hydrogens is 232 g/mol. The quantitative estimate of drug-likeness (QED) is 0.762. The Morgan fingerprint density at radius 3 is 2.59 bits per heavy atom. The number of aromatic nitrogens is 2. The van der Waals surface area contributed by atoms with Crippen LogP contribution in [0.3, 0.4) is 0 Å². The van der Waals surface area contributed by atoms with Crippen LogP contribution in [0, 0.1) is 6.92 Å². The molecule has 1 fully saturated rings. The highest BCUT2D eigenvalue weighted by Gasteiger charge is 2.28. The monoisotopic (exact) mass is 252 g/mol. The molecule has 1 saturated carbocycles. The number of rotatable bonds is 6. The van der Waals surface area contributed by atoms with E-state index in [2.05, 4.69) is 33.8 Å². The number of hydrogen-bond acceptors (Lipinski definition) is 5. The third kappa shape index (κ3) is 3.03. The van der Waals surface area contributed by atoms with Gasteiger partial charge in [0.2, 0.25) is 0 Å². The maximum atomic E-state index is 4.64. The molecule has 5 heteroatoms. The fraction of sp³-hybridized carbons (Fsp3) is 0.667. The number of hydrogen-bond donors (Lipinski definition) is 2. The third-order valence-corrected chi connectivity index (χ3v) is 3.55. The van der Waals surface area contributed by atoms with E-state index in [4.69, 9.17) is 0 Å². The summed E-state index contributed by atoms with van der Waals surface area (Å²) in [6, 6.07) is 0.